The number of methoxy groups -OCH3 is 2. The van der Waals surface area contributed by atoms with Gasteiger partial charge in [-0.3, -0.25) is 4.79 Å². The number of esters is 2. The van der Waals surface area contributed by atoms with Gasteiger partial charge in [0.1, 0.15) is 12.5 Å². The smallest absolute Gasteiger partial charge is 0.362 e. The van der Waals surface area contributed by atoms with E-state index in [2.05, 4.69) is 9.47 Å². The van der Waals surface area contributed by atoms with Crippen molar-refractivity contribution in [1.29, 1.82) is 0 Å². The monoisotopic (exact) mass is 274 g/mol. The topological polar surface area (TPSA) is 89.9 Å². The van der Waals surface area contributed by atoms with Crippen LogP contribution in [0.5, 0.6) is 0 Å². The number of β-lactam (4-membered cyclic amide) rings is 1. The first kappa shape index (κ1) is 15.6. The molecule has 1 rings (SSSR count). The highest BCUT2D eigenvalue weighted by atomic mass is 16.5. The molecule has 1 saturated heterocycles. The largest absolute Gasteiger partial charge is 0.469 e. The van der Waals surface area contributed by atoms with Gasteiger partial charge in [0.05, 0.1) is 33.3 Å². The van der Waals surface area contributed by atoms with Gasteiger partial charge in [0, 0.05) is 0 Å². The fourth-order valence-electron chi connectivity index (χ4n) is 2.28. The lowest BCUT2D eigenvalue weighted by Crippen LogP contribution is -2.72. The minimum Gasteiger partial charge on any atom is -0.469 e. The van der Waals surface area contributed by atoms with Gasteiger partial charge in [-0.1, -0.05) is 0 Å². The Hall–Kier alpha value is -1.47. The van der Waals surface area contributed by atoms with Crippen LogP contribution in [0.1, 0.15) is 13.3 Å². The van der Waals surface area contributed by atoms with Crippen LogP contribution in [0.15, 0.2) is 0 Å². The third-order valence-corrected chi connectivity index (χ3v) is 3.54. The number of rotatable bonds is 6. The molecule has 1 heterocycles. The average molecular weight is 274 g/mol. The van der Waals surface area contributed by atoms with Crippen LogP contribution in [-0.4, -0.2) is 67.4 Å². The summed E-state index contributed by atoms with van der Waals surface area (Å²) in [5.41, 5.74) is 0. The Balaban J connectivity index is 2.74. The Morgan fingerprint density at radius 3 is 2.37 bits per heavy atom. The number of likely N-dealkylation sites (tertiary alicyclic amines) is 1. The van der Waals surface area contributed by atoms with E-state index >= 15 is 0 Å². The minimum atomic E-state index is -0.755. The first-order chi connectivity index (χ1) is 8.86. The molecule has 7 heteroatoms. The Labute approximate surface area is 111 Å². The third kappa shape index (κ3) is 3.30. The van der Waals surface area contributed by atoms with Crippen molar-refractivity contribution in [3.05, 3.63) is 0 Å². The second kappa shape index (κ2) is 6.12. The van der Waals surface area contributed by atoms with E-state index in [9.17, 15) is 19.5 Å². The summed E-state index contributed by atoms with van der Waals surface area (Å²) in [6, 6.07) is 0. The molecule has 0 aromatic rings. The zero-order valence-electron chi connectivity index (χ0n) is 11.4. The number of aliphatic hydroxyl groups excluding tert-OH is 1. The number of aliphatic hydroxyl groups is 1. The number of ether oxygens (including phenoxy) is 2. The van der Waals surface area contributed by atoms with Crippen molar-refractivity contribution in [3.63, 3.8) is 0 Å². The quantitative estimate of drug-likeness (QED) is 0.382. The highest BCUT2D eigenvalue weighted by Crippen LogP contribution is 2.31. The van der Waals surface area contributed by atoms with Gasteiger partial charge in [-0.05, 0) is 6.92 Å². The van der Waals surface area contributed by atoms with E-state index < -0.39 is 24.0 Å². The van der Waals surface area contributed by atoms with Gasteiger partial charge in [0.2, 0.25) is 0 Å². The summed E-state index contributed by atoms with van der Waals surface area (Å²) in [7, 11) is 2.51. The molecule has 0 saturated carbocycles. The van der Waals surface area contributed by atoms with Crippen molar-refractivity contribution in [3.8, 4) is 0 Å². The normalized spacial score (nSPS) is 27.4. The van der Waals surface area contributed by atoms with Crippen LogP contribution in [0.3, 0.4) is 0 Å². The van der Waals surface area contributed by atoms with Gasteiger partial charge in [-0.2, -0.15) is 0 Å². The Morgan fingerprint density at radius 2 is 1.95 bits per heavy atom. The van der Waals surface area contributed by atoms with E-state index in [0.717, 1.165) is 0 Å². The average Bonchev–Trinajstić information content (AvgIpc) is 2.39. The molecule has 1 N–H and O–H groups in total. The molecular formula is C12H20NO6+. The van der Waals surface area contributed by atoms with Crippen LogP contribution in [0.4, 0.5) is 0 Å². The number of amides is 1. The van der Waals surface area contributed by atoms with Crippen LogP contribution in [0.2, 0.25) is 0 Å². The molecule has 0 bridgehead atoms. The maximum Gasteiger partial charge on any atom is 0.362 e. The van der Waals surface area contributed by atoms with Gasteiger partial charge in [0.25, 0.3) is 0 Å². The molecule has 0 radical (unpaired) electrons. The van der Waals surface area contributed by atoms with E-state index in [0.29, 0.717) is 6.54 Å². The number of quaternary nitrogens is 1. The second-order valence-electron chi connectivity index (χ2n) is 4.80. The van der Waals surface area contributed by atoms with E-state index in [4.69, 9.17) is 0 Å². The molecular weight excluding hydrogens is 254 g/mol. The summed E-state index contributed by atoms with van der Waals surface area (Å²) in [4.78, 5) is 34.7. The number of carbonyl (C=O) groups is 3. The standard InChI is InChI=1S/C12H20NO6/c1-8(14)9-6-13(12(9)17,7-11(16)19-3)5-4-10(15)18-2/h8-9,14H,4-7H2,1-3H3/q+1/t8-,9-,13-/m0/s1. The molecule has 1 amide bonds. The Bertz CT molecular complexity index is 380. The molecule has 108 valence electrons. The van der Waals surface area contributed by atoms with Crippen LogP contribution in [-0.2, 0) is 23.9 Å². The fourth-order valence-corrected chi connectivity index (χ4v) is 2.28. The highest BCUT2D eigenvalue weighted by molar-refractivity contribution is 5.81. The molecule has 7 nitrogen and oxygen atoms in total. The van der Waals surface area contributed by atoms with E-state index in [1.807, 2.05) is 0 Å². The SMILES string of the molecule is COC(=O)CC[N@@+]1(CC(=O)OC)C[C@@H]([C@H](C)O)C1=O. The molecule has 0 aromatic heterocycles. The van der Waals surface area contributed by atoms with Gasteiger partial charge in [-0.15, -0.1) is 0 Å². The number of nitrogens with zero attached hydrogens (tertiary/aromatic N) is 1. The van der Waals surface area contributed by atoms with Crippen molar-refractivity contribution in [1.82, 2.24) is 0 Å². The molecule has 3 atom stereocenters. The zero-order valence-corrected chi connectivity index (χ0v) is 11.4. The predicted molar refractivity (Wildman–Crippen MR) is 63.7 cm³/mol. The number of hydrogen-bond acceptors (Lipinski definition) is 6. The van der Waals surface area contributed by atoms with Crippen molar-refractivity contribution >= 4 is 17.8 Å². The van der Waals surface area contributed by atoms with Gasteiger partial charge < -0.3 is 14.6 Å². The maximum absolute atomic E-state index is 12.1. The van der Waals surface area contributed by atoms with Crippen LogP contribution < -0.4 is 0 Å². The first-order valence-corrected chi connectivity index (χ1v) is 6.08. The summed E-state index contributed by atoms with van der Waals surface area (Å²) in [5, 5.41) is 9.45. The van der Waals surface area contributed by atoms with Crippen molar-refractivity contribution in [2.75, 3.05) is 33.9 Å². The van der Waals surface area contributed by atoms with E-state index in [1.165, 1.54) is 21.1 Å². The molecule has 1 aliphatic heterocycles. The summed E-state index contributed by atoms with van der Waals surface area (Å²) in [6.07, 6.45) is -0.708. The molecule has 0 aliphatic carbocycles. The Kier molecular flexibility index (Phi) is 5.02. The van der Waals surface area contributed by atoms with Crippen LogP contribution in [0, 0.1) is 5.92 Å². The first-order valence-electron chi connectivity index (χ1n) is 6.08. The summed E-state index contributed by atoms with van der Waals surface area (Å²) in [6.45, 7) is 1.94. The van der Waals surface area contributed by atoms with E-state index in [1.54, 1.807) is 0 Å². The summed E-state index contributed by atoms with van der Waals surface area (Å²) < 4.78 is 8.95. The maximum atomic E-state index is 12.1. The second-order valence-corrected chi connectivity index (χ2v) is 4.80. The highest BCUT2D eigenvalue weighted by Gasteiger charge is 2.57. The molecule has 19 heavy (non-hydrogen) atoms. The van der Waals surface area contributed by atoms with Crippen molar-refractivity contribution in [2.24, 2.45) is 5.92 Å². The number of carbonyl (C=O) groups excluding carboxylic acids is 3. The van der Waals surface area contributed by atoms with Crippen LogP contribution >= 0.6 is 0 Å². The Morgan fingerprint density at radius 1 is 1.37 bits per heavy atom. The molecule has 0 unspecified atom stereocenters. The fraction of sp³-hybridized carbons (Fsp3) is 0.750. The van der Waals surface area contributed by atoms with Gasteiger partial charge in [-0.25, -0.2) is 14.1 Å². The molecule has 1 aliphatic rings. The van der Waals surface area contributed by atoms with Gasteiger partial charge in [0.15, 0.2) is 6.54 Å². The summed E-state index contributed by atoms with van der Waals surface area (Å²) in [5.74, 6) is -1.66. The third-order valence-electron chi connectivity index (χ3n) is 3.54. The molecule has 1 fully saturated rings. The van der Waals surface area contributed by atoms with E-state index in [-0.39, 0.29) is 29.9 Å². The van der Waals surface area contributed by atoms with Crippen LogP contribution in [0.25, 0.3) is 0 Å². The summed E-state index contributed by atoms with van der Waals surface area (Å²) >= 11 is 0. The minimum absolute atomic E-state index is 0.0474. The van der Waals surface area contributed by atoms with Crippen molar-refractivity contribution < 1.29 is 33.4 Å². The van der Waals surface area contributed by atoms with Crippen molar-refractivity contribution in [2.45, 2.75) is 19.4 Å². The molecule has 0 aromatic carbocycles. The van der Waals surface area contributed by atoms with Gasteiger partial charge >= 0.3 is 17.8 Å². The lowest BCUT2D eigenvalue weighted by Gasteiger charge is -2.47. The zero-order chi connectivity index (χ0) is 14.6. The predicted octanol–water partition coefficient (Wildman–Crippen LogP) is -0.923. The number of hydrogen-bond donors (Lipinski definition) is 1. The lowest BCUT2D eigenvalue weighted by atomic mass is 9.89. The lowest BCUT2D eigenvalue weighted by molar-refractivity contribution is -0.881. The molecule has 0 spiro atoms.